The predicted molar refractivity (Wildman–Crippen MR) is 128 cm³/mol. The van der Waals surface area contributed by atoms with Crippen molar-refractivity contribution in [2.24, 2.45) is 0 Å². The molecule has 0 unspecified atom stereocenters. The summed E-state index contributed by atoms with van der Waals surface area (Å²) in [6.45, 7) is 7.31. The molecule has 0 fully saturated rings. The van der Waals surface area contributed by atoms with E-state index in [0.717, 1.165) is 39.5 Å². The third-order valence-corrected chi connectivity index (χ3v) is 5.56. The zero-order chi connectivity index (χ0) is 22.8. The van der Waals surface area contributed by atoms with Gasteiger partial charge in [-0.25, -0.2) is 0 Å². The van der Waals surface area contributed by atoms with Crippen molar-refractivity contribution in [2.75, 3.05) is 14.2 Å². The number of nitrogens with one attached hydrogen (secondary N) is 2. The smallest absolute Gasteiger partial charge is 0.254 e. The highest BCUT2D eigenvalue weighted by molar-refractivity contribution is 7.80. The number of amides is 1. The average molecular weight is 441 g/mol. The lowest BCUT2D eigenvalue weighted by Gasteiger charge is -2.06. The number of ether oxygens (including phenoxy) is 1. The number of carbonyl (C=O) groups excluding carboxylic acids is 1. The molecule has 1 aromatic heterocycles. The highest BCUT2D eigenvalue weighted by Crippen LogP contribution is 2.23. The predicted octanol–water partition coefficient (Wildman–Crippen LogP) is 5.09. The van der Waals surface area contributed by atoms with Gasteiger partial charge >= 0.3 is 0 Å². The van der Waals surface area contributed by atoms with E-state index in [2.05, 4.69) is 42.3 Å². The molecule has 31 heavy (non-hydrogen) atoms. The van der Waals surface area contributed by atoms with Crippen molar-refractivity contribution < 1.29 is 13.9 Å². The number of carbonyl (C=O) groups is 1. The summed E-state index contributed by atoms with van der Waals surface area (Å²) in [4.78, 5) is 13.0. The van der Waals surface area contributed by atoms with Gasteiger partial charge in [0.05, 0.1) is 19.2 Å². The fourth-order valence-corrected chi connectivity index (χ4v) is 3.11. The van der Waals surface area contributed by atoms with Crippen LogP contribution in [0.2, 0.25) is 0 Å². The number of aryl methyl sites for hydroxylation is 3. The van der Waals surface area contributed by atoms with E-state index in [1.807, 2.05) is 45.2 Å². The maximum Gasteiger partial charge on any atom is 0.254 e. The minimum absolute atomic E-state index is 0.115. The van der Waals surface area contributed by atoms with E-state index in [4.69, 9.17) is 9.15 Å². The Hall–Kier alpha value is -2.70. The molecule has 1 amide bonds. The van der Waals surface area contributed by atoms with E-state index >= 15 is 0 Å². The Bertz CT molecular complexity index is 958. The van der Waals surface area contributed by atoms with Crippen LogP contribution in [0, 0.1) is 13.8 Å². The molecule has 0 aliphatic rings. The second-order valence-corrected chi connectivity index (χ2v) is 7.74. The Morgan fingerprint density at radius 3 is 2.19 bits per heavy atom. The van der Waals surface area contributed by atoms with E-state index in [9.17, 15) is 4.79 Å². The molecule has 3 rings (SSSR count). The summed E-state index contributed by atoms with van der Waals surface area (Å²) in [5, 5.41) is 5.87. The lowest BCUT2D eigenvalue weighted by atomic mass is 10.1. The number of hydrogen-bond donors (Lipinski definition) is 3. The molecule has 0 spiro atoms. The van der Waals surface area contributed by atoms with Gasteiger partial charge in [-0.15, -0.1) is 12.6 Å². The van der Waals surface area contributed by atoms with E-state index in [0.29, 0.717) is 18.7 Å². The molecule has 166 valence electrons. The van der Waals surface area contributed by atoms with Crippen LogP contribution in [0.5, 0.6) is 5.75 Å². The molecule has 0 saturated carbocycles. The van der Waals surface area contributed by atoms with Gasteiger partial charge < -0.3 is 19.8 Å². The molecule has 6 heteroatoms. The third-order valence-electron chi connectivity index (χ3n) is 4.85. The van der Waals surface area contributed by atoms with Gasteiger partial charge in [-0.1, -0.05) is 31.2 Å². The van der Waals surface area contributed by atoms with Gasteiger partial charge in [-0.2, -0.15) is 0 Å². The number of methoxy groups -OCH3 is 1. The summed E-state index contributed by atoms with van der Waals surface area (Å²) in [5.74, 6) is 1.54. The molecule has 2 aromatic carbocycles. The SMILES string of the molecule is CCc1ccc(CNC(=O)c2coc(CNC)c2)cc1.COc1cc(C)c(S)c(C)c1. The Kier molecular flexibility index (Phi) is 9.69. The van der Waals surface area contributed by atoms with Crippen molar-refractivity contribution in [3.05, 3.63) is 82.3 Å². The van der Waals surface area contributed by atoms with E-state index in [1.165, 1.54) is 11.8 Å². The molecule has 0 radical (unpaired) electrons. The summed E-state index contributed by atoms with van der Waals surface area (Å²) in [7, 11) is 3.51. The Balaban J connectivity index is 0.000000262. The van der Waals surface area contributed by atoms with Crippen molar-refractivity contribution >= 4 is 18.5 Å². The summed E-state index contributed by atoms with van der Waals surface area (Å²) >= 11 is 4.34. The molecule has 0 saturated heterocycles. The van der Waals surface area contributed by atoms with Crippen LogP contribution in [0.25, 0.3) is 0 Å². The largest absolute Gasteiger partial charge is 0.497 e. The number of benzene rings is 2. The Labute approximate surface area is 190 Å². The van der Waals surface area contributed by atoms with Crippen LogP contribution < -0.4 is 15.4 Å². The van der Waals surface area contributed by atoms with Crippen molar-refractivity contribution in [2.45, 2.75) is 45.2 Å². The molecule has 0 atom stereocenters. The van der Waals surface area contributed by atoms with Crippen molar-refractivity contribution in [3.63, 3.8) is 0 Å². The molecule has 1 heterocycles. The Morgan fingerprint density at radius 2 is 1.65 bits per heavy atom. The van der Waals surface area contributed by atoms with Gasteiger partial charge in [0.2, 0.25) is 0 Å². The summed E-state index contributed by atoms with van der Waals surface area (Å²) in [6, 6.07) is 14.0. The van der Waals surface area contributed by atoms with Gasteiger partial charge in [0.25, 0.3) is 5.91 Å². The molecule has 5 nitrogen and oxygen atoms in total. The molecule has 0 aliphatic heterocycles. The van der Waals surface area contributed by atoms with Crippen LogP contribution in [0.15, 0.2) is 58.0 Å². The summed E-state index contributed by atoms with van der Waals surface area (Å²) in [5.41, 5.74) is 5.26. The normalized spacial score (nSPS) is 10.3. The molecule has 2 N–H and O–H groups in total. The maximum absolute atomic E-state index is 12.0. The monoisotopic (exact) mass is 440 g/mol. The first-order chi connectivity index (χ1) is 14.9. The van der Waals surface area contributed by atoms with Gasteiger partial charge in [0.1, 0.15) is 17.8 Å². The maximum atomic E-state index is 12.0. The molecular formula is C25H32N2O3S. The van der Waals surface area contributed by atoms with Crippen LogP contribution in [0.3, 0.4) is 0 Å². The average Bonchev–Trinajstić information content (AvgIpc) is 3.25. The Morgan fingerprint density at radius 1 is 1.03 bits per heavy atom. The van der Waals surface area contributed by atoms with Crippen LogP contribution in [0.4, 0.5) is 0 Å². The zero-order valence-corrected chi connectivity index (χ0v) is 19.8. The summed E-state index contributed by atoms with van der Waals surface area (Å²) < 4.78 is 10.4. The lowest BCUT2D eigenvalue weighted by molar-refractivity contribution is 0.0950. The fourth-order valence-electron chi connectivity index (χ4n) is 2.98. The highest BCUT2D eigenvalue weighted by atomic mass is 32.1. The highest BCUT2D eigenvalue weighted by Gasteiger charge is 2.09. The second kappa shape index (κ2) is 12.2. The van der Waals surface area contributed by atoms with Gasteiger partial charge in [-0.05, 0) is 67.8 Å². The van der Waals surface area contributed by atoms with Crippen molar-refractivity contribution in [1.82, 2.24) is 10.6 Å². The first-order valence-corrected chi connectivity index (χ1v) is 10.7. The van der Waals surface area contributed by atoms with E-state index < -0.39 is 0 Å². The summed E-state index contributed by atoms with van der Waals surface area (Å²) in [6.07, 6.45) is 2.51. The first kappa shape index (κ1) is 24.6. The van der Waals surface area contributed by atoms with Gasteiger partial charge in [0, 0.05) is 11.4 Å². The topological polar surface area (TPSA) is 63.5 Å². The lowest BCUT2D eigenvalue weighted by Crippen LogP contribution is -2.22. The van der Waals surface area contributed by atoms with Gasteiger partial charge in [-0.3, -0.25) is 4.79 Å². The van der Waals surface area contributed by atoms with Crippen LogP contribution in [-0.4, -0.2) is 20.1 Å². The van der Waals surface area contributed by atoms with Crippen LogP contribution >= 0.6 is 12.6 Å². The standard InChI is InChI=1S/C16H20N2O2.C9H12OS/c1-3-12-4-6-13(7-5-12)9-18-16(19)14-8-15(10-17-2)20-11-14;1-6-4-8(10-3)5-7(2)9(6)11/h4-8,11,17H,3,9-10H2,1-2H3,(H,18,19);4-5,11H,1-3H3. The van der Waals surface area contributed by atoms with Crippen molar-refractivity contribution in [1.29, 1.82) is 0 Å². The molecule has 3 aromatic rings. The second-order valence-electron chi connectivity index (χ2n) is 7.29. The van der Waals surface area contributed by atoms with E-state index in [-0.39, 0.29) is 5.91 Å². The number of furan rings is 1. The fraction of sp³-hybridized carbons (Fsp3) is 0.320. The van der Waals surface area contributed by atoms with Gasteiger partial charge in [0.15, 0.2) is 0 Å². The molecular weight excluding hydrogens is 408 g/mol. The number of hydrogen-bond acceptors (Lipinski definition) is 5. The number of thiol groups is 1. The third kappa shape index (κ3) is 7.49. The quantitative estimate of drug-likeness (QED) is 0.448. The zero-order valence-electron chi connectivity index (χ0n) is 18.9. The van der Waals surface area contributed by atoms with E-state index in [1.54, 1.807) is 13.2 Å². The van der Waals surface area contributed by atoms with Crippen molar-refractivity contribution in [3.8, 4) is 5.75 Å². The number of rotatable bonds is 7. The molecule has 0 aliphatic carbocycles. The van der Waals surface area contributed by atoms with Crippen LogP contribution in [0.1, 0.15) is 45.3 Å². The minimum atomic E-state index is -0.115. The first-order valence-electron chi connectivity index (χ1n) is 10.3. The molecule has 0 bridgehead atoms. The van der Waals surface area contributed by atoms with Crippen LogP contribution in [-0.2, 0) is 19.5 Å². The minimum Gasteiger partial charge on any atom is -0.497 e.